The van der Waals surface area contributed by atoms with Gasteiger partial charge < -0.3 is 20.3 Å². The fourth-order valence-electron chi connectivity index (χ4n) is 3.47. The summed E-state index contributed by atoms with van der Waals surface area (Å²) < 4.78 is 0. The highest BCUT2D eigenvalue weighted by molar-refractivity contribution is 5.86. The number of carbonyl (C=O) groups is 1. The number of piperazine rings is 1. The van der Waals surface area contributed by atoms with E-state index in [4.69, 9.17) is 5.73 Å². The molecule has 6 heteroatoms. The minimum atomic E-state index is 0.474. The van der Waals surface area contributed by atoms with Gasteiger partial charge in [0.2, 0.25) is 0 Å². The molecule has 1 saturated heterocycles. The summed E-state index contributed by atoms with van der Waals surface area (Å²) in [6, 6.07) is 6.50. The number of hydrogen-bond acceptors (Lipinski definition) is 4. The van der Waals surface area contributed by atoms with Gasteiger partial charge in [0.25, 0.3) is 0 Å². The first kappa shape index (κ1) is 19.1. The Balaban J connectivity index is 1.81. The first-order chi connectivity index (χ1) is 13.1. The molecule has 1 aliphatic heterocycles. The van der Waals surface area contributed by atoms with Crippen LogP contribution in [0.3, 0.4) is 0 Å². The van der Waals surface area contributed by atoms with Gasteiger partial charge in [-0.3, -0.25) is 0 Å². The zero-order valence-electron chi connectivity index (χ0n) is 16.3. The predicted molar refractivity (Wildman–Crippen MR) is 112 cm³/mol. The third kappa shape index (κ3) is 4.96. The lowest BCUT2D eigenvalue weighted by molar-refractivity contribution is -0.108. The molecule has 2 N–H and O–H groups in total. The Morgan fingerprint density at radius 1 is 1.33 bits per heavy atom. The zero-order valence-corrected chi connectivity index (χ0v) is 16.3. The van der Waals surface area contributed by atoms with Crippen LogP contribution in [0.5, 0.6) is 0 Å². The zero-order chi connectivity index (χ0) is 19.2. The van der Waals surface area contributed by atoms with Crippen LogP contribution in [-0.4, -0.2) is 49.5 Å². The van der Waals surface area contributed by atoms with Gasteiger partial charge in [-0.05, 0) is 55.9 Å². The van der Waals surface area contributed by atoms with Crippen molar-refractivity contribution < 1.29 is 4.79 Å². The number of rotatable bonds is 7. The Bertz CT molecular complexity index is 760. The summed E-state index contributed by atoms with van der Waals surface area (Å²) in [6.07, 6.45) is 8.17. The Hall–Kier alpha value is -2.63. The van der Waals surface area contributed by atoms with Gasteiger partial charge in [-0.1, -0.05) is 13.0 Å². The second kappa shape index (κ2) is 8.84. The summed E-state index contributed by atoms with van der Waals surface area (Å²) >= 11 is 0. The highest BCUT2D eigenvalue weighted by Gasteiger charge is 2.28. The number of allylic oxidation sites excluding steroid dienone is 1. The molecular weight excluding hydrogens is 338 g/mol. The molecule has 0 amide bonds. The van der Waals surface area contributed by atoms with Crippen molar-refractivity contribution in [3.8, 4) is 0 Å². The molecule has 2 fully saturated rings. The van der Waals surface area contributed by atoms with E-state index < -0.39 is 0 Å². The van der Waals surface area contributed by atoms with Crippen LogP contribution < -0.4 is 10.6 Å². The molecule has 2 aliphatic rings. The minimum Gasteiger partial charge on any atom is -0.387 e. The van der Waals surface area contributed by atoms with E-state index >= 15 is 0 Å². The number of benzene rings is 1. The molecule has 1 aliphatic carbocycles. The Kier molecular flexibility index (Phi) is 6.27. The molecule has 144 valence electrons. The molecule has 0 aromatic heterocycles. The molecule has 0 unspecified atom stereocenters. The molecule has 1 aromatic rings. The molecule has 3 rings (SSSR count). The lowest BCUT2D eigenvalue weighted by Crippen LogP contribution is -2.45. The number of aldehydes is 1. The van der Waals surface area contributed by atoms with Crippen LogP contribution in [0.1, 0.15) is 44.6 Å². The summed E-state index contributed by atoms with van der Waals surface area (Å²) in [5.74, 6) is 1.11. The summed E-state index contributed by atoms with van der Waals surface area (Å²) in [5, 5.41) is 0. The molecule has 0 radical (unpaired) electrons. The third-order valence-electron chi connectivity index (χ3n) is 4.99. The van der Waals surface area contributed by atoms with Crippen LogP contribution >= 0.6 is 0 Å². The molecule has 0 spiro atoms. The number of nitrogens with zero attached hydrogens (tertiary/aromatic N) is 4. The van der Waals surface area contributed by atoms with Crippen molar-refractivity contribution >= 4 is 29.8 Å². The Morgan fingerprint density at radius 3 is 2.81 bits per heavy atom. The number of anilines is 1. The van der Waals surface area contributed by atoms with E-state index in [1.807, 2.05) is 0 Å². The molecule has 6 nitrogen and oxygen atoms in total. The van der Waals surface area contributed by atoms with E-state index in [-0.39, 0.29) is 0 Å². The van der Waals surface area contributed by atoms with E-state index in [1.54, 1.807) is 6.92 Å². The highest BCUT2D eigenvalue weighted by atomic mass is 16.1. The van der Waals surface area contributed by atoms with E-state index in [1.165, 1.54) is 36.1 Å². The number of nitrogens with two attached hydrogens (primary N) is 1. The third-order valence-corrected chi connectivity index (χ3v) is 4.99. The van der Waals surface area contributed by atoms with Crippen molar-refractivity contribution in [2.75, 3.05) is 31.1 Å². The standard InChI is InChI=1S/C21H29N5O/c1-3-4-19-14-26(10-9-25(19)11-12-27)18-7-8-21(24-15-23-16(2)22)20(13-18)17-5-6-17/h4,7-8,12-13,15,17H,3,5-6,9-11,14H2,1-2H3,(H2,22,23,24)/b19-4+. The molecule has 0 atom stereocenters. The van der Waals surface area contributed by atoms with Crippen LogP contribution in [0.2, 0.25) is 0 Å². The van der Waals surface area contributed by atoms with Gasteiger partial charge in [-0.25, -0.2) is 9.98 Å². The Labute approximate surface area is 161 Å². The monoisotopic (exact) mass is 367 g/mol. The lowest BCUT2D eigenvalue weighted by Gasteiger charge is -2.39. The van der Waals surface area contributed by atoms with Crippen LogP contribution in [0.4, 0.5) is 11.4 Å². The molecule has 1 aromatic carbocycles. The van der Waals surface area contributed by atoms with Gasteiger partial charge in [-0.2, -0.15) is 0 Å². The lowest BCUT2D eigenvalue weighted by atomic mass is 10.1. The fourth-order valence-corrected chi connectivity index (χ4v) is 3.47. The quantitative estimate of drug-likeness (QED) is 0.456. The summed E-state index contributed by atoms with van der Waals surface area (Å²) in [5.41, 5.74) is 10.3. The van der Waals surface area contributed by atoms with Crippen LogP contribution in [-0.2, 0) is 4.79 Å². The highest BCUT2D eigenvalue weighted by Crippen LogP contribution is 2.45. The van der Waals surface area contributed by atoms with Gasteiger partial charge >= 0.3 is 0 Å². The van der Waals surface area contributed by atoms with Crippen molar-refractivity contribution in [2.24, 2.45) is 15.7 Å². The first-order valence-corrected chi connectivity index (χ1v) is 9.71. The first-order valence-electron chi connectivity index (χ1n) is 9.71. The van der Waals surface area contributed by atoms with Crippen LogP contribution in [0.25, 0.3) is 0 Å². The van der Waals surface area contributed by atoms with E-state index in [0.717, 1.165) is 38.0 Å². The summed E-state index contributed by atoms with van der Waals surface area (Å²) in [6.45, 7) is 6.98. The minimum absolute atomic E-state index is 0.474. The molecule has 1 saturated carbocycles. The second-order valence-electron chi connectivity index (χ2n) is 7.17. The van der Waals surface area contributed by atoms with Crippen LogP contribution in [0.15, 0.2) is 40.0 Å². The molecule has 1 heterocycles. The van der Waals surface area contributed by atoms with E-state index in [9.17, 15) is 4.79 Å². The molecule has 27 heavy (non-hydrogen) atoms. The largest absolute Gasteiger partial charge is 0.387 e. The van der Waals surface area contributed by atoms with Gasteiger partial charge in [0.05, 0.1) is 24.6 Å². The van der Waals surface area contributed by atoms with Gasteiger partial charge in [0.15, 0.2) is 0 Å². The number of aliphatic imine (C=N–C) groups is 2. The SMILES string of the molecule is CC/C=C1\CN(c2ccc(N=CN=C(C)N)c(C3CC3)c2)CCN1CC=O. The average Bonchev–Trinajstić information content (AvgIpc) is 3.48. The summed E-state index contributed by atoms with van der Waals surface area (Å²) in [7, 11) is 0. The van der Waals surface area contributed by atoms with E-state index in [2.05, 4.69) is 51.0 Å². The number of amidine groups is 1. The fraction of sp³-hybridized carbons (Fsp3) is 0.476. The molecule has 0 bridgehead atoms. The molecular formula is C21H29N5O. The predicted octanol–water partition coefficient (Wildman–Crippen LogP) is 3.22. The second-order valence-corrected chi connectivity index (χ2v) is 7.17. The van der Waals surface area contributed by atoms with Crippen LogP contribution in [0, 0.1) is 0 Å². The van der Waals surface area contributed by atoms with Crippen molar-refractivity contribution in [3.63, 3.8) is 0 Å². The maximum atomic E-state index is 11.0. The normalized spacial score (nSPS) is 19.9. The average molecular weight is 367 g/mol. The topological polar surface area (TPSA) is 74.3 Å². The van der Waals surface area contributed by atoms with Gasteiger partial charge in [0, 0.05) is 24.5 Å². The van der Waals surface area contributed by atoms with Gasteiger partial charge in [0.1, 0.15) is 12.6 Å². The maximum absolute atomic E-state index is 11.0. The number of carbonyl (C=O) groups excluding carboxylic acids is 1. The maximum Gasteiger partial charge on any atom is 0.139 e. The van der Waals surface area contributed by atoms with E-state index in [0.29, 0.717) is 18.3 Å². The van der Waals surface area contributed by atoms with Gasteiger partial charge in [-0.15, -0.1) is 0 Å². The summed E-state index contributed by atoms with van der Waals surface area (Å²) in [4.78, 5) is 24.1. The van der Waals surface area contributed by atoms with Crippen molar-refractivity contribution in [1.82, 2.24) is 4.90 Å². The Morgan fingerprint density at radius 2 is 2.15 bits per heavy atom. The number of hydrogen-bond donors (Lipinski definition) is 1. The van der Waals surface area contributed by atoms with Crippen molar-refractivity contribution in [1.29, 1.82) is 0 Å². The van der Waals surface area contributed by atoms with Crippen molar-refractivity contribution in [2.45, 2.75) is 39.0 Å². The smallest absolute Gasteiger partial charge is 0.139 e. The van der Waals surface area contributed by atoms with Crippen molar-refractivity contribution in [3.05, 3.63) is 35.5 Å².